The minimum absolute atomic E-state index is 0.637. The Morgan fingerprint density at radius 3 is 2.87 bits per heavy atom. The SMILES string of the molecule is CNCCn1nc2c(Cl)cccc2c1Cl. The topological polar surface area (TPSA) is 29.9 Å². The first-order valence-corrected chi connectivity index (χ1v) is 5.44. The third-order valence-corrected chi connectivity index (χ3v) is 2.93. The van der Waals surface area contributed by atoms with E-state index in [0.29, 0.717) is 10.2 Å². The van der Waals surface area contributed by atoms with Gasteiger partial charge in [-0.25, -0.2) is 0 Å². The normalized spacial score (nSPS) is 11.1. The Morgan fingerprint density at radius 2 is 2.20 bits per heavy atom. The minimum Gasteiger partial charge on any atom is -0.318 e. The van der Waals surface area contributed by atoms with Gasteiger partial charge < -0.3 is 5.32 Å². The molecule has 0 atom stereocenters. The maximum Gasteiger partial charge on any atom is 0.135 e. The number of rotatable bonds is 3. The summed E-state index contributed by atoms with van der Waals surface area (Å²) in [5, 5.41) is 9.59. The number of nitrogens with zero attached hydrogens (tertiary/aromatic N) is 2. The number of hydrogen-bond donors (Lipinski definition) is 1. The maximum atomic E-state index is 6.18. The Bertz CT molecular complexity index is 479. The number of nitrogens with one attached hydrogen (secondary N) is 1. The molecule has 1 aromatic carbocycles. The molecule has 2 rings (SSSR count). The van der Waals surface area contributed by atoms with Crippen LogP contribution in [0.15, 0.2) is 18.2 Å². The van der Waals surface area contributed by atoms with Crippen LogP contribution in [0.5, 0.6) is 0 Å². The van der Waals surface area contributed by atoms with Crippen LogP contribution in [0.1, 0.15) is 0 Å². The maximum absolute atomic E-state index is 6.18. The Kier molecular flexibility index (Phi) is 3.14. The summed E-state index contributed by atoms with van der Waals surface area (Å²) in [5.41, 5.74) is 0.764. The zero-order valence-corrected chi connectivity index (χ0v) is 9.81. The molecule has 0 saturated carbocycles. The molecule has 3 nitrogen and oxygen atoms in total. The summed E-state index contributed by atoms with van der Waals surface area (Å²) in [6.45, 7) is 1.56. The predicted octanol–water partition coefficient (Wildman–Crippen LogP) is 2.56. The molecule has 2 aromatic rings. The molecule has 15 heavy (non-hydrogen) atoms. The van der Waals surface area contributed by atoms with Gasteiger partial charge in [0.15, 0.2) is 0 Å². The van der Waals surface area contributed by atoms with Gasteiger partial charge in [0.1, 0.15) is 10.7 Å². The van der Waals surface area contributed by atoms with Crippen molar-refractivity contribution in [3.05, 3.63) is 28.4 Å². The molecule has 1 aromatic heterocycles. The van der Waals surface area contributed by atoms with Crippen LogP contribution in [-0.2, 0) is 6.54 Å². The van der Waals surface area contributed by atoms with E-state index < -0.39 is 0 Å². The summed E-state index contributed by atoms with van der Waals surface area (Å²) in [6.07, 6.45) is 0. The third-order valence-electron chi connectivity index (χ3n) is 2.23. The van der Waals surface area contributed by atoms with Crippen LogP contribution < -0.4 is 5.32 Å². The summed E-state index contributed by atoms with van der Waals surface area (Å²) < 4.78 is 1.76. The van der Waals surface area contributed by atoms with Crippen molar-refractivity contribution in [2.75, 3.05) is 13.6 Å². The molecule has 0 aliphatic rings. The second-order valence-electron chi connectivity index (χ2n) is 3.25. The van der Waals surface area contributed by atoms with Gasteiger partial charge in [0.25, 0.3) is 0 Å². The standard InChI is InChI=1S/C10H11Cl2N3/c1-13-5-6-15-10(12)7-3-2-4-8(11)9(7)14-15/h2-4,13H,5-6H2,1H3. The van der Waals surface area contributed by atoms with Crippen LogP contribution in [-0.4, -0.2) is 23.4 Å². The first-order chi connectivity index (χ1) is 7.24. The Hall–Kier alpha value is -0.770. The van der Waals surface area contributed by atoms with Gasteiger partial charge in [0.05, 0.1) is 11.6 Å². The molecule has 1 N–H and O–H groups in total. The van der Waals surface area contributed by atoms with Crippen molar-refractivity contribution in [1.82, 2.24) is 15.1 Å². The van der Waals surface area contributed by atoms with Crippen LogP contribution >= 0.6 is 23.2 Å². The van der Waals surface area contributed by atoms with E-state index in [1.165, 1.54) is 0 Å². The highest BCUT2D eigenvalue weighted by Crippen LogP contribution is 2.28. The molecule has 0 spiro atoms. The lowest BCUT2D eigenvalue weighted by Crippen LogP contribution is -2.15. The number of hydrogen-bond acceptors (Lipinski definition) is 2. The van der Waals surface area contributed by atoms with Gasteiger partial charge in [0.2, 0.25) is 0 Å². The highest BCUT2D eigenvalue weighted by atomic mass is 35.5. The number of benzene rings is 1. The van der Waals surface area contributed by atoms with Gasteiger partial charge in [-0.05, 0) is 19.2 Å². The predicted molar refractivity (Wildman–Crippen MR) is 63.7 cm³/mol. The van der Waals surface area contributed by atoms with Gasteiger partial charge in [0, 0.05) is 11.9 Å². The Balaban J connectivity index is 2.49. The molecule has 0 aliphatic carbocycles. The van der Waals surface area contributed by atoms with Gasteiger partial charge in [-0.2, -0.15) is 5.10 Å². The molecule has 0 bridgehead atoms. The number of halogens is 2. The lowest BCUT2D eigenvalue weighted by Gasteiger charge is -2.00. The van der Waals surface area contributed by atoms with Crippen molar-refractivity contribution in [3.8, 4) is 0 Å². The van der Waals surface area contributed by atoms with Gasteiger partial charge in [-0.15, -0.1) is 0 Å². The fraction of sp³-hybridized carbons (Fsp3) is 0.300. The number of aromatic nitrogens is 2. The Labute approximate surface area is 98.0 Å². The number of fused-ring (bicyclic) bond motifs is 1. The van der Waals surface area contributed by atoms with E-state index >= 15 is 0 Å². The van der Waals surface area contributed by atoms with Crippen LogP contribution in [0.2, 0.25) is 10.2 Å². The molecule has 0 radical (unpaired) electrons. The van der Waals surface area contributed by atoms with E-state index in [2.05, 4.69) is 10.4 Å². The van der Waals surface area contributed by atoms with Crippen LogP contribution in [0.3, 0.4) is 0 Å². The molecule has 0 fully saturated rings. The van der Waals surface area contributed by atoms with Crippen molar-refractivity contribution in [3.63, 3.8) is 0 Å². The first kappa shape index (κ1) is 10.7. The average molecular weight is 244 g/mol. The highest BCUT2D eigenvalue weighted by molar-refractivity contribution is 6.38. The van der Waals surface area contributed by atoms with Gasteiger partial charge in [-0.1, -0.05) is 29.3 Å². The quantitative estimate of drug-likeness (QED) is 0.899. The second-order valence-corrected chi connectivity index (χ2v) is 4.02. The van der Waals surface area contributed by atoms with E-state index in [9.17, 15) is 0 Å². The summed E-state index contributed by atoms with van der Waals surface area (Å²) in [6, 6.07) is 5.61. The number of likely N-dealkylation sites (N-methyl/N-ethyl adjacent to an activating group) is 1. The molecule has 1 heterocycles. The summed E-state index contributed by atoms with van der Waals surface area (Å²) in [7, 11) is 1.89. The lowest BCUT2D eigenvalue weighted by atomic mass is 10.3. The second kappa shape index (κ2) is 4.39. The van der Waals surface area contributed by atoms with Crippen molar-refractivity contribution in [2.24, 2.45) is 0 Å². The smallest absolute Gasteiger partial charge is 0.135 e. The van der Waals surface area contributed by atoms with E-state index in [1.54, 1.807) is 4.68 Å². The van der Waals surface area contributed by atoms with E-state index in [0.717, 1.165) is 24.0 Å². The van der Waals surface area contributed by atoms with Crippen molar-refractivity contribution in [1.29, 1.82) is 0 Å². The van der Waals surface area contributed by atoms with Gasteiger partial charge in [-0.3, -0.25) is 4.68 Å². The first-order valence-electron chi connectivity index (χ1n) is 4.69. The molecule has 0 unspecified atom stereocenters. The van der Waals surface area contributed by atoms with E-state index in [1.807, 2.05) is 25.2 Å². The van der Waals surface area contributed by atoms with E-state index in [-0.39, 0.29) is 0 Å². The van der Waals surface area contributed by atoms with Crippen LogP contribution in [0.4, 0.5) is 0 Å². The monoisotopic (exact) mass is 243 g/mol. The van der Waals surface area contributed by atoms with Crippen LogP contribution in [0.25, 0.3) is 10.9 Å². The van der Waals surface area contributed by atoms with Crippen LogP contribution in [0, 0.1) is 0 Å². The van der Waals surface area contributed by atoms with Crippen molar-refractivity contribution < 1.29 is 0 Å². The van der Waals surface area contributed by atoms with Crippen molar-refractivity contribution in [2.45, 2.75) is 6.54 Å². The molecular formula is C10H11Cl2N3. The minimum atomic E-state index is 0.637. The molecule has 80 valence electrons. The fourth-order valence-electron chi connectivity index (χ4n) is 1.45. The summed E-state index contributed by atoms with van der Waals surface area (Å²) >= 11 is 12.2. The van der Waals surface area contributed by atoms with Crippen molar-refractivity contribution >= 4 is 34.1 Å². The third kappa shape index (κ3) is 1.95. The Morgan fingerprint density at radius 1 is 1.40 bits per heavy atom. The molecule has 5 heteroatoms. The molecule has 0 saturated heterocycles. The molecule has 0 amide bonds. The zero-order chi connectivity index (χ0) is 10.8. The van der Waals surface area contributed by atoms with E-state index in [4.69, 9.17) is 23.2 Å². The summed E-state index contributed by atoms with van der Waals surface area (Å²) in [5.74, 6) is 0. The molecule has 0 aliphatic heterocycles. The fourth-order valence-corrected chi connectivity index (χ4v) is 1.94. The average Bonchev–Trinajstić information content (AvgIpc) is 2.55. The van der Waals surface area contributed by atoms with Gasteiger partial charge >= 0.3 is 0 Å². The zero-order valence-electron chi connectivity index (χ0n) is 8.30. The lowest BCUT2D eigenvalue weighted by molar-refractivity contribution is 0.590. The molecular weight excluding hydrogens is 233 g/mol. The summed E-state index contributed by atoms with van der Waals surface area (Å²) in [4.78, 5) is 0. The highest BCUT2D eigenvalue weighted by Gasteiger charge is 2.10. The largest absolute Gasteiger partial charge is 0.318 e.